The van der Waals surface area contributed by atoms with Gasteiger partial charge in [0.15, 0.2) is 0 Å². The van der Waals surface area contributed by atoms with E-state index in [9.17, 15) is 0 Å². The molecule has 0 nitrogen and oxygen atoms in total. The molecule has 1 atom stereocenters. The van der Waals surface area contributed by atoms with Crippen molar-refractivity contribution in [1.29, 1.82) is 0 Å². The van der Waals surface area contributed by atoms with Crippen molar-refractivity contribution in [3.63, 3.8) is 0 Å². The third kappa shape index (κ3) is 1.42. The Kier molecular flexibility index (Phi) is 2.79. The van der Waals surface area contributed by atoms with E-state index in [4.69, 9.17) is 0 Å². The van der Waals surface area contributed by atoms with Crippen LogP contribution in [0.15, 0.2) is 20.8 Å². The molecule has 0 heterocycles. The first-order valence-corrected chi connectivity index (χ1v) is 9.62. The molecule has 0 fully saturated rings. The quantitative estimate of drug-likeness (QED) is 0.297. The van der Waals surface area contributed by atoms with Gasteiger partial charge in [-0.05, 0) is 0 Å². The average molecular weight is 249 g/mol. The van der Waals surface area contributed by atoms with Gasteiger partial charge in [-0.2, -0.15) is 0 Å². The fraction of sp³-hybridized carbons (Fsp3) is 0.200. The fourth-order valence-electron chi connectivity index (χ4n) is 1.62. The van der Waals surface area contributed by atoms with Crippen LogP contribution in [0.4, 0.5) is 0 Å². The van der Waals surface area contributed by atoms with Crippen molar-refractivity contribution in [3.05, 3.63) is 20.8 Å². The van der Waals surface area contributed by atoms with Crippen LogP contribution in [-0.4, -0.2) is 56.0 Å². The van der Waals surface area contributed by atoms with Crippen LogP contribution in [0.25, 0.3) is 0 Å². The smallest absolute Gasteiger partial charge is 0.0377 e. The van der Waals surface area contributed by atoms with Crippen LogP contribution in [0.1, 0.15) is 0 Å². The Labute approximate surface area is 86.0 Å². The summed E-state index contributed by atoms with van der Waals surface area (Å²) >= 11 is 0. The van der Waals surface area contributed by atoms with Gasteiger partial charge in [-0.3, -0.25) is 0 Å². The molecule has 11 heavy (non-hydrogen) atoms. The van der Waals surface area contributed by atoms with Crippen LogP contribution in [0, 0.1) is 0 Å². The second kappa shape index (κ2) is 3.04. The maximum absolute atomic E-state index is 3.12. The monoisotopic (exact) mass is 248 g/mol. The van der Waals surface area contributed by atoms with Gasteiger partial charge in [0.2, 0.25) is 0 Å². The molecule has 0 bridgehead atoms. The van der Waals surface area contributed by atoms with Crippen LogP contribution < -0.4 is 0 Å². The molecule has 1 aliphatic rings. The van der Waals surface area contributed by atoms with Crippen LogP contribution >= 0.6 is 9.24 Å². The average Bonchev–Trinajstić information content (AvgIpc) is 2.06. The van der Waals surface area contributed by atoms with Gasteiger partial charge in [0.05, 0.1) is 0 Å². The first-order valence-electron chi connectivity index (χ1n) is 4.04. The number of allylic oxidation sites excluding steroid dienone is 4. The zero-order valence-corrected chi connectivity index (χ0v) is 19.2. The number of rotatable bonds is 0. The lowest BCUT2D eigenvalue weighted by molar-refractivity contribution is 1.26. The summed E-state index contributed by atoms with van der Waals surface area (Å²) in [5.41, 5.74) is 0. The fourth-order valence-corrected chi connectivity index (χ4v) is 9.17. The lowest BCUT2D eigenvalue weighted by Crippen LogP contribution is -2.24. The first-order chi connectivity index (χ1) is 4.89. The Morgan fingerprint density at radius 2 is 1.18 bits per heavy atom. The predicted octanol–water partition coefficient (Wildman–Crippen LogP) is -5.18. The molecule has 0 aromatic rings. The molecule has 6 heteroatoms. The van der Waals surface area contributed by atoms with E-state index in [0.29, 0.717) is 4.78 Å². The lowest BCUT2D eigenvalue weighted by atomic mass is 10.4. The van der Waals surface area contributed by atoms with Crippen LogP contribution in [0.2, 0.25) is 0 Å². The maximum Gasteiger partial charge on any atom is 0.0377 e. The third-order valence-electron chi connectivity index (χ3n) is 3.25. The summed E-state index contributed by atoms with van der Waals surface area (Å²) in [5.74, 6) is 0. The van der Waals surface area contributed by atoms with E-state index >= 15 is 0 Å². The molecule has 0 spiro atoms. The summed E-state index contributed by atoms with van der Waals surface area (Å²) in [6.07, 6.45) is 0. The molecule has 0 radical (unpaired) electrons. The Morgan fingerprint density at radius 1 is 0.909 bits per heavy atom. The van der Waals surface area contributed by atoms with Crippen molar-refractivity contribution in [2.75, 3.05) is 0 Å². The Bertz CT molecular complexity index is 238. The van der Waals surface area contributed by atoms with Crippen LogP contribution in [0.3, 0.4) is 0 Å². The van der Waals surface area contributed by atoms with Gasteiger partial charge in [-0.25, -0.2) is 0 Å². The van der Waals surface area contributed by atoms with Gasteiger partial charge < -0.3 is 0 Å². The maximum atomic E-state index is 3.12. The van der Waals surface area contributed by atoms with E-state index in [1.807, 2.05) is 10.4 Å². The summed E-state index contributed by atoms with van der Waals surface area (Å²) in [4.78, 5) is 0. The van der Waals surface area contributed by atoms with E-state index in [1.54, 1.807) is 10.4 Å². The Morgan fingerprint density at radius 3 is 1.27 bits per heavy atom. The van der Waals surface area contributed by atoms with E-state index in [-0.39, 0.29) is 0 Å². The van der Waals surface area contributed by atoms with E-state index in [2.05, 4.69) is 9.24 Å². The summed E-state index contributed by atoms with van der Waals surface area (Å²) in [6.45, 7) is 0. The summed E-state index contributed by atoms with van der Waals surface area (Å²) in [5, 5.41) is 7.27. The lowest BCUT2D eigenvalue weighted by Gasteiger charge is -2.23. The Balaban J connectivity index is 3.27. The van der Waals surface area contributed by atoms with Gasteiger partial charge in [0.1, 0.15) is 0 Å². The highest BCUT2D eigenvalue weighted by Crippen LogP contribution is 2.38. The highest BCUT2D eigenvalue weighted by Gasteiger charge is 2.30. The normalized spacial score (nSPS) is 33.5. The molecule has 0 amide bonds. The van der Waals surface area contributed by atoms with Gasteiger partial charge in [0.25, 0.3) is 0 Å². The van der Waals surface area contributed by atoms with Gasteiger partial charge >= 0.3 is 0 Å². The van der Waals surface area contributed by atoms with Crippen molar-refractivity contribution < 1.29 is 0 Å². The van der Waals surface area contributed by atoms with E-state index in [1.165, 1.54) is 51.2 Å². The standard InChI is InChI=1S/C5H17PSi5/c6-5(11)3(9)1(7)2(8)4(5)10/h6H2,7-11H3. The molecule has 1 aliphatic carbocycles. The number of hydrogen-bond acceptors (Lipinski definition) is 0. The zero-order valence-electron chi connectivity index (χ0n) is 8.08. The molecule has 0 aromatic heterocycles. The minimum atomic E-state index is 0.562. The van der Waals surface area contributed by atoms with Gasteiger partial charge in [0, 0.05) is 56.0 Å². The minimum Gasteiger partial charge on any atom is -0.127 e. The Hall–Kier alpha value is 0.994. The molecule has 0 saturated heterocycles. The molecule has 0 aliphatic heterocycles. The van der Waals surface area contributed by atoms with Gasteiger partial charge in [-0.1, -0.05) is 20.8 Å². The van der Waals surface area contributed by atoms with Crippen molar-refractivity contribution in [2.24, 2.45) is 0 Å². The minimum absolute atomic E-state index is 0.562. The number of hydrogen-bond donors (Lipinski definition) is 0. The molecular formula is C5H17PSi5. The van der Waals surface area contributed by atoms with Crippen molar-refractivity contribution in [3.8, 4) is 0 Å². The van der Waals surface area contributed by atoms with E-state index in [0.717, 1.165) is 0 Å². The van der Waals surface area contributed by atoms with Crippen LogP contribution in [-0.2, 0) is 0 Å². The molecule has 0 saturated carbocycles. The topological polar surface area (TPSA) is 0 Å². The van der Waals surface area contributed by atoms with Crippen molar-refractivity contribution in [1.82, 2.24) is 0 Å². The molecule has 62 valence electrons. The molecule has 1 rings (SSSR count). The van der Waals surface area contributed by atoms with Crippen LogP contribution in [0.5, 0.6) is 0 Å². The zero-order chi connectivity index (χ0) is 8.81. The third-order valence-corrected chi connectivity index (χ3v) is 18.3. The van der Waals surface area contributed by atoms with E-state index < -0.39 is 0 Å². The summed E-state index contributed by atoms with van der Waals surface area (Å²) < 4.78 is 0.562. The second-order valence-corrected chi connectivity index (χ2v) is 11.6. The SMILES string of the molecule is [SiH3]C1=C([SiH3])C([SiH3])(P)C([SiH3])=C1[SiH3]. The predicted molar refractivity (Wildman–Crippen MR) is 76.2 cm³/mol. The largest absolute Gasteiger partial charge is 0.127 e. The molecular weight excluding hydrogens is 231 g/mol. The molecule has 0 N–H and O–H groups in total. The summed E-state index contributed by atoms with van der Waals surface area (Å²) in [6, 6.07) is 0. The molecule has 0 aromatic carbocycles. The summed E-state index contributed by atoms with van der Waals surface area (Å²) in [7, 11) is 9.64. The highest BCUT2D eigenvalue weighted by atomic mass is 31.0. The second-order valence-electron chi connectivity index (χ2n) is 3.70. The van der Waals surface area contributed by atoms with Crippen molar-refractivity contribution in [2.45, 2.75) is 4.78 Å². The first kappa shape index (κ1) is 10.1. The highest BCUT2D eigenvalue weighted by molar-refractivity contribution is 7.24. The van der Waals surface area contributed by atoms with Crippen molar-refractivity contribution >= 4 is 60.5 Å². The molecule has 1 unspecified atom stereocenters. The van der Waals surface area contributed by atoms with Gasteiger partial charge in [-0.15, -0.1) is 9.24 Å².